The number of thiazole rings is 1. The molecule has 0 amide bonds. The first kappa shape index (κ1) is 13.1. The molecule has 0 aromatic carbocycles. The van der Waals surface area contributed by atoms with Gasteiger partial charge in [-0.2, -0.15) is 0 Å². The SMILES string of the molecule is CCn1cncc1CSc1nc(CC(=O)O)cs1. The van der Waals surface area contributed by atoms with Crippen molar-refractivity contribution in [1.29, 1.82) is 0 Å². The summed E-state index contributed by atoms with van der Waals surface area (Å²) in [7, 11) is 0. The third kappa shape index (κ3) is 3.33. The lowest BCUT2D eigenvalue weighted by molar-refractivity contribution is -0.136. The van der Waals surface area contributed by atoms with E-state index in [0.29, 0.717) is 5.69 Å². The van der Waals surface area contributed by atoms with E-state index in [4.69, 9.17) is 5.11 Å². The molecule has 0 bridgehead atoms. The molecule has 0 aliphatic heterocycles. The van der Waals surface area contributed by atoms with Crippen LogP contribution in [0.25, 0.3) is 0 Å². The minimum atomic E-state index is -0.846. The number of aromatic nitrogens is 3. The van der Waals surface area contributed by atoms with Crippen LogP contribution in [0.2, 0.25) is 0 Å². The monoisotopic (exact) mass is 283 g/mol. The fourth-order valence-corrected chi connectivity index (χ4v) is 3.31. The summed E-state index contributed by atoms with van der Waals surface area (Å²) in [5.74, 6) is -0.0469. The summed E-state index contributed by atoms with van der Waals surface area (Å²) in [6.07, 6.45) is 3.65. The van der Waals surface area contributed by atoms with Gasteiger partial charge in [0.2, 0.25) is 0 Å². The Bertz CT molecular complexity index is 536. The minimum Gasteiger partial charge on any atom is -0.481 e. The van der Waals surface area contributed by atoms with Crippen LogP contribution >= 0.6 is 23.1 Å². The predicted octanol–water partition coefficient (Wildman–Crippen LogP) is 2.28. The van der Waals surface area contributed by atoms with Crippen molar-refractivity contribution in [1.82, 2.24) is 14.5 Å². The van der Waals surface area contributed by atoms with Crippen LogP contribution in [0.3, 0.4) is 0 Å². The topological polar surface area (TPSA) is 68.0 Å². The Kier molecular flexibility index (Phi) is 4.38. The van der Waals surface area contributed by atoms with Crippen LogP contribution < -0.4 is 0 Å². The van der Waals surface area contributed by atoms with Crippen molar-refractivity contribution >= 4 is 29.1 Å². The molecule has 0 unspecified atom stereocenters. The summed E-state index contributed by atoms with van der Waals surface area (Å²) in [5, 5.41) is 10.5. The Balaban J connectivity index is 1.94. The van der Waals surface area contributed by atoms with Crippen molar-refractivity contribution in [3.8, 4) is 0 Å². The highest BCUT2D eigenvalue weighted by atomic mass is 32.2. The molecule has 18 heavy (non-hydrogen) atoms. The van der Waals surface area contributed by atoms with Crippen LogP contribution in [0.5, 0.6) is 0 Å². The van der Waals surface area contributed by atoms with Crippen LogP contribution in [-0.4, -0.2) is 25.6 Å². The average molecular weight is 283 g/mol. The minimum absolute atomic E-state index is 0.00997. The number of carboxylic acid groups (broad SMARTS) is 1. The normalized spacial score (nSPS) is 10.7. The number of carboxylic acids is 1. The fraction of sp³-hybridized carbons (Fsp3) is 0.364. The van der Waals surface area contributed by atoms with Crippen LogP contribution in [0.1, 0.15) is 18.3 Å². The lowest BCUT2D eigenvalue weighted by atomic mass is 10.3. The second-order valence-electron chi connectivity index (χ2n) is 3.63. The standard InChI is InChI=1S/C11H13N3O2S2/c1-2-14-7-12-4-9(14)6-18-11-13-8(5-17-11)3-10(15)16/h4-5,7H,2-3,6H2,1H3,(H,15,16). The molecule has 0 aliphatic rings. The van der Waals surface area contributed by atoms with Gasteiger partial charge in [0.25, 0.3) is 0 Å². The largest absolute Gasteiger partial charge is 0.481 e. The van der Waals surface area contributed by atoms with E-state index in [-0.39, 0.29) is 6.42 Å². The maximum absolute atomic E-state index is 10.6. The number of nitrogens with zero attached hydrogens (tertiary/aromatic N) is 3. The molecule has 1 N–H and O–H groups in total. The molecule has 2 heterocycles. The molecule has 2 aromatic rings. The number of thioether (sulfide) groups is 1. The quantitative estimate of drug-likeness (QED) is 0.824. The molecule has 0 fully saturated rings. The van der Waals surface area contributed by atoms with Gasteiger partial charge in [-0.1, -0.05) is 11.8 Å². The van der Waals surface area contributed by atoms with Gasteiger partial charge in [0, 0.05) is 29.6 Å². The molecule has 0 saturated heterocycles. The predicted molar refractivity (Wildman–Crippen MR) is 70.9 cm³/mol. The van der Waals surface area contributed by atoms with E-state index in [9.17, 15) is 4.79 Å². The summed E-state index contributed by atoms with van der Waals surface area (Å²) in [6, 6.07) is 0. The molecular formula is C11H13N3O2S2. The van der Waals surface area contributed by atoms with E-state index in [1.54, 1.807) is 17.1 Å². The van der Waals surface area contributed by atoms with E-state index in [0.717, 1.165) is 22.3 Å². The Morgan fingerprint density at radius 1 is 1.61 bits per heavy atom. The zero-order valence-corrected chi connectivity index (χ0v) is 11.5. The summed E-state index contributed by atoms with van der Waals surface area (Å²) in [5.41, 5.74) is 1.77. The van der Waals surface area contributed by atoms with Gasteiger partial charge in [-0.15, -0.1) is 11.3 Å². The number of rotatable bonds is 6. The number of imidazole rings is 1. The molecule has 0 radical (unpaired) electrons. The zero-order valence-electron chi connectivity index (χ0n) is 9.87. The van der Waals surface area contributed by atoms with E-state index in [1.807, 2.05) is 12.5 Å². The Morgan fingerprint density at radius 3 is 3.17 bits per heavy atom. The van der Waals surface area contributed by atoms with Crippen LogP contribution in [-0.2, 0) is 23.5 Å². The maximum Gasteiger partial charge on any atom is 0.309 e. The Labute approximate surface area is 113 Å². The van der Waals surface area contributed by atoms with Gasteiger partial charge < -0.3 is 9.67 Å². The maximum atomic E-state index is 10.6. The molecule has 0 spiro atoms. The highest BCUT2D eigenvalue weighted by Crippen LogP contribution is 2.26. The van der Waals surface area contributed by atoms with E-state index >= 15 is 0 Å². The summed E-state index contributed by atoms with van der Waals surface area (Å²) in [6.45, 7) is 2.97. The van der Waals surface area contributed by atoms with Gasteiger partial charge >= 0.3 is 5.97 Å². The molecule has 2 rings (SSSR count). The number of carbonyl (C=O) groups is 1. The Morgan fingerprint density at radius 2 is 2.44 bits per heavy atom. The third-order valence-electron chi connectivity index (χ3n) is 2.35. The van der Waals surface area contributed by atoms with Crippen LogP contribution in [0.4, 0.5) is 0 Å². The number of aryl methyl sites for hydroxylation is 1. The van der Waals surface area contributed by atoms with Crippen LogP contribution in [0, 0.1) is 0 Å². The molecule has 0 atom stereocenters. The van der Waals surface area contributed by atoms with Crippen molar-refractivity contribution in [2.45, 2.75) is 30.0 Å². The first-order chi connectivity index (χ1) is 8.69. The van der Waals surface area contributed by atoms with E-state index < -0.39 is 5.97 Å². The lowest BCUT2D eigenvalue weighted by Gasteiger charge is -2.02. The van der Waals surface area contributed by atoms with Gasteiger partial charge in [-0.05, 0) is 6.92 Å². The molecular weight excluding hydrogens is 270 g/mol. The van der Waals surface area contributed by atoms with Crippen molar-refractivity contribution in [3.05, 3.63) is 29.3 Å². The van der Waals surface area contributed by atoms with Crippen molar-refractivity contribution < 1.29 is 9.90 Å². The number of hydrogen-bond donors (Lipinski definition) is 1. The highest BCUT2D eigenvalue weighted by molar-refractivity contribution is 8.00. The van der Waals surface area contributed by atoms with Gasteiger partial charge in [-0.3, -0.25) is 4.79 Å². The second kappa shape index (κ2) is 6.01. The average Bonchev–Trinajstić information content (AvgIpc) is 2.93. The summed E-state index contributed by atoms with van der Waals surface area (Å²) in [4.78, 5) is 18.9. The smallest absolute Gasteiger partial charge is 0.309 e. The molecule has 2 aromatic heterocycles. The van der Waals surface area contributed by atoms with Gasteiger partial charge in [0.05, 0.1) is 18.4 Å². The van der Waals surface area contributed by atoms with E-state index in [1.165, 1.54) is 11.3 Å². The van der Waals surface area contributed by atoms with E-state index in [2.05, 4.69) is 21.5 Å². The summed E-state index contributed by atoms with van der Waals surface area (Å²) < 4.78 is 2.98. The first-order valence-electron chi connectivity index (χ1n) is 5.47. The van der Waals surface area contributed by atoms with Crippen molar-refractivity contribution in [2.75, 3.05) is 0 Å². The van der Waals surface area contributed by atoms with Gasteiger partial charge in [0.15, 0.2) is 4.34 Å². The summed E-state index contributed by atoms with van der Waals surface area (Å²) >= 11 is 3.09. The molecule has 5 nitrogen and oxygen atoms in total. The van der Waals surface area contributed by atoms with Gasteiger partial charge in [0.1, 0.15) is 0 Å². The fourth-order valence-electron chi connectivity index (χ4n) is 1.48. The molecule has 0 saturated carbocycles. The van der Waals surface area contributed by atoms with Crippen LogP contribution in [0.15, 0.2) is 22.2 Å². The Hall–Kier alpha value is -1.34. The molecule has 7 heteroatoms. The highest BCUT2D eigenvalue weighted by Gasteiger charge is 2.08. The number of hydrogen-bond acceptors (Lipinski definition) is 5. The lowest BCUT2D eigenvalue weighted by Crippen LogP contribution is -2.00. The third-order valence-corrected chi connectivity index (χ3v) is 4.45. The van der Waals surface area contributed by atoms with Gasteiger partial charge in [-0.25, -0.2) is 9.97 Å². The van der Waals surface area contributed by atoms with Crippen molar-refractivity contribution in [2.24, 2.45) is 0 Å². The second-order valence-corrected chi connectivity index (χ2v) is 5.72. The number of aliphatic carboxylic acids is 1. The first-order valence-corrected chi connectivity index (χ1v) is 7.33. The molecule has 0 aliphatic carbocycles. The zero-order chi connectivity index (χ0) is 13.0. The van der Waals surface area contributed by atoms with Crippen molar-refractivity contribution in [3.63, 3.8) is 0 Å². The molecule has 96 valence electrons.